The van der Waals surface area contributed by atoms with E-state index in [9.17, 15) is 8.78 Å². The Morgan fingerprint density at radius 3 is 2.28 bits per heavy atom. The zero-order valence-electron chi connectivity index (χ0n) is 9.77. The van der Waals surface area contributed by atoms with Crippen molar-refractivity contribution in [2.45, 2.75) is 24.9 Å². The van der Waals surface area contributed by atoms with Crippen LogP contribution in [0.3, 0.4) is 0 Å². The minimum atomic E-state index is -2.65. The molecule has 1 aromatic carbocycles. The van der Waals surface area contributed by atoms with Crippen molar-refractivity contribution in [3.63, 3.8) is 0 Å². The first-order valence-corrected chi connectivity index (χ1v) is 6.07. The molecule has 1 heterocycles. The minimum Gasteiger partial charge on any atom is -0.355 e. The largest absolute Gasteiger partial charge is 0.355 e. The van der Waals surface area contributed by atoms with Crippen LogP contribution in [0.4, 0.5) is 8.78 Å². The Balaban J connectivity index is 1.84. The summed E-state index contributed by atoms with van der Waals surface area (Å²) in [4.78, 5) is 0. The molecule has 1 saturated carbocycles. The van der Waals surface area contributed by atoms with Crippen molar-refractivity contribution in [2.75, 3.05) is 6.61 Å². The third kappa shape index (κ3) is 1.64. The number of rotatable bonds is 1. The Morgan fingerprint density at radius 1 is 1.28 bits per heavy atom. The van der Waals surface area contributed by atoms with Crippen molar-refractivity contribution in [1.82, 2.24) is 0 Å². The SMILES string of the molecule is CC1(C2(C#Cc3ccc(Cl)cc3)CO2)CC1(F)F. The number of epoxide rings is 1. The average molecular weight is 269 g/mol. The molecule has 0 bridgehead atoms. The summed E-state index contributed by atoms with van der Waals surface area (Å²) in [5, 5.41) is 0.624. The van der Waals surface area contributed by atoms with Crippen molar-refractivity contribution in [3.8, 4) is 11.8 Å². The molecule has 2 aliphatic rings. The zero-order chi connectivity index (χ0) is 13.0. The van der Waals surface area contributed by atoms with Gasteiger partial charge in [0.05, 0.1) is 12.0 Å². The van der Waals surface area contributed by atoms with Crippen LogP contribution in [0, 0.1) is 17.3 Å². The van der Waals surface area contributed by atoms with Crippen LogP contribution in [0.25, 0.3) is 0 Å². The Bertz CT molecular complexity index is 551. The van der Waals surface area contributed by atoms with Crippen molar-refractivity contribution >= 4 is 11.6 Å². The fraction of sp³-hybridized carbons (Fsp3) is 0.429. The Kier molecular flexibility index (Phi) is 2.30. The third-order valence-electron chi connectivity index (χ3n) is 3.84. The third-order valence-corrected chi connectivity index (χ3v) is 4.09. The molecular formula is C14H11ClF2O. The van der Waals surface area contributed by atoms with Crippen LogP contribution >= 0.6 is 11.6 Å². The van der Waals surface area contributed by atoms with E-state index in [1.807, 2.05) is 0 Å². The van der Waals surface area contributed by atoms with Gasteiger partial charge in [-0.1, -0.05) is 23.4 Å². The van der Waals surface area contributed by atoms with Gasteiger partial charge < -0.3 is 4.74 Å². The van der Waals surface area contributed by atoms with E-state index in [1.165, 1.54) is 6.92 Å². The quantitative estimate of drug-likeness (QED) is 0.561. The van der Waals surface area contributed by atoms with Crippen LogP contribution in [-0.4, -0.2) is 18.1 Å². The standard InChI is InChI=1S/C14H11ClF2O/c1-12(8-14(12,16)17)13(9-18-13)7-6-10-2-4-11(15)5-3-10/h2-5H,8-9H2,1H3. The second-order valence-electron chi connectivity index (χ2n) is 5.09. The second-order valence-corrected chi connectivity index (χ2v) is 5.52. The molecule has 0 radical (unpaired) electrons. The fourth-order valence-electron chi connectivity index (χ4n) is 2.15. The van der Waals surface area contributed by atoms with E-state index in [2.05, 4.69) is 11.8 Å². The number of benzene rings is 1. The lowest BCUT2D eigenvalue weighted by atomic mass is 9.91. The lowest BCUT2D eigenvalue weighted by molar-refractivity contribution is 0.0468. The summed E-state index contributed by atoms with van der Waals surface area (Å²) in [5.41, 5.74) is -1.34. The van der Waals surface area contributed by atoms with Crippen LogP contribution in [0.2, 0.25) is 5.02 Å². The van der Waals surface area contributed by atoms with Gasteiger partial charge >= 0.3 is 0 Å². The second kappa shape index (κ2) is 3.46. The van der Waals surface area contributed by atoms with Crippen LogP contribution in [0.5, 0.6) is 0 Å². The maximum atomic E-state index is 13.3. The summed E-state index contributed by atoms with van der Waals surface area (Å²) in [6.45, 7) is 1.83. The molecule has 0 aromatic heterocycles. The van der Waals surface area contributed by atoms with Crippen molar-refractivity contribution in [1.29, 1.82) is 0 Å². The summed E-state index contributed by atoms with van der Waals surface area (Å²) in [7, 11) is 0. The summed E-state index contributed by atoms with van der Waals surface area (Å²) < 4.78 is 31.9. The Morgan fingerprint density at radius 2 is 1.83 bits per heavy atom. The summed E-state index contributed by atoms with van der Waals surface area (Å²) in [5.74, 6) is 3.11. The molecule has 18 heavy (non-hydrogen) atoms. The van der Waals surface area contributed by atoms with Gasteiger partial charge in [-0.3, -0.25) is 0 Å². The van der Waals surface area contributed by atoms with Gasteiger partial charge in [0.15, 0.2) is 5.60 Å². The molecule has 0 amide bonds. The van der Waals surface area contributed by atoms with Crippen LogP contribution in [0.15, 0.2) is 24.3 Å². The van der Waals surface area contributed by atoms with Gasteiger partial charge in [-0.2, -0.15) is 0 Å². The molecule has 2 fully saturated rings. The van der Waals surface area contributed by atoms with E-state index in [1.54, 1.807) is 24.3 Å². The number of ether oxygens (including phenoxy) is 1. The van der Waals surface area contributed by atoms with Crippen LogP contribution < -0.4 is 0 Å². The first kappa shape index (κ1) is 12.0. The van der Waals surface area contributed by atoms with Gasteiger partial charge in [0, 0.05) is 17.0 Å². The molecule has 1 aliphatic heterocycles. The van der Waals surface area contributed by atoms with E-state index >= 15 is 0 Å². The zero-order valence-corrected chi connectivity index (χ0v) is 10.5. The minimum absolute atomic E-state index is 0.144. The molecule has 4 heteroatoms. The van der Waals surface area contributed by atoms with Gasteiger partial charge in [-0.05, 0) is 31.2 Å². The van der Waals surface area contributed by atoms with E-state index in [-0.39, 0.29) is 6.42 Å². The molecule has 1 saturated heterocycles. The molecule has 1 aliphatic carbocycles. The highest BCUT2D eigenvalue weighted by Crippen LogP contribution is 2.70. The van der Waals surface area contributed by atoms with Crippen LogP contribution in [-0.2, 0) is 4.74 Å². The van der Waals surface area contributed by atoms with E-state index in [0.29, 0.717) is 11.6 Å². The fourth-order valence-corrected chi connectivity index (χ4v) is 2.27. The normalized spacial score (nSPS) is 35.6. The maximum Gasteiger partial charge on any atom is 0.258 e. The highest BCUT2D eigenvalue weighted by atomic mass is 35.5. The molecule has 2 atom stereocenters. The monoisotopic (exact) mass is 268 g/mol. The predicted octanol–water partition coefficient (Wildman–Crippen LogP) is 3.51. The van der Waals surface area contributed by atoms with Crippen molar-refractivity contribution in [3.05, 3.63) is 34.9 Å². The Labute approximate surface area is 109 Å². The van der Waals surface area contributed by atoms with Gasteiger partial charge in [-0.25, -0.2) is 8.78 Å². The van der Waals surface area contributed by atoms with Gasteiger partial charge in [0.1, 0.15) is 0 Å². The van der Waals surface area contributed by atoms with E-state index in [4.69, 9.17) is 16.3 Å². The first-order chi connectivity index (χ1) is 8.39. The smallest absolute Gasteiger partial charge is 0.258 e. The lowest BCUT2D eigenvalue weighted by Gasteiger charge is -2.13. The molecule has 0 N–H and O–H groups in total. The van der Waals surface area contributed by atoms with Gasteiger partial charge in [0.2, 0.25) is 0 Å². The van der Waals surface area contributed by atoms with Crippen molar-refractivity contribution < 1.29 is 13.5 Å². The van der Waals surface area contributed by atoms with Crippen LogP contribution in [0.1, 0.15) is 18.9 Å². The average Bonchev–Trinajstić information content (AvgIpc) is 3.18. The topological polar surface area (TPSA) is 12.5 Å². The predicted molar refractivity (Wildman–Crippen MR) is 64.7 cm³/mol. The van der Waals surface area contributed by atoms with Gasteiger partial charge in [0.25, 0.3) is 5.92 Å². The Hall–Kier alpha value is -1.11. The molecule has 94 valence electrons. The summed E-state index contributed by atoms with van der Waals surface area (Å²) in [6, 6.07) is 6.97. The molecule has 1 nitrogen and oxygen atoms in total. The van der Waals surface area contributed by atoms with E-state index < -0.39 is 16.9 Å². The summed E-state index contributed by atoms with van der Waals surface area (Å²) >= 11 is 5.76. The molecule has 2 unspecified atom stereocenters. The molecule has 1 aromatic rings. The molecular weight excluding hydrogens is 258 g/mol. The summed E-state index contributed by atoms with van der Waals surface area (Å²) in [6.07, 6.45) is -0.144. The number of halogens is 3. The molecule has 0 spiro atoms. The van der Waals surface area contributed by atoms with Gasteiger partial charge in [-0.15, -0.1) is 0 Å². The first-order valence-electron chi connectivity index (χ1n) is 5.69. The lowest BCUT2D eigenvalue weighted by Crippen LogP contribution is -2.27. The highest BCUT2D eigenvalue weighted by molar-refractivity contribution is 6.30. The molecule has 3 rings (SSSR count). The van der Waals surface area contributed by atoms with E-state index in [0.717, 1.165) is 5.56 Å². The van der Waals surface area contributed by atoms with Crippen molar-refractivity contribution in [2.24, 2.45) is 5.41 Å². The number of alkyl halides is 2. The highest BCUT2D eigenvalue weighted by Gasteiger charge is 2.81. The number of hydrogen-bond acceptors (Lipinski definition) is 1. The maximum absolute atomic E-state index is 13.3. The number of hydrogen-bond donors (Lipinski definition) is 0.